The lowest BCUT2D eigenvalue weighted by atomic mass is 10.0. The summed E-state index contributed by atoms with van der Waals surface area (Å²) in [5, 5.41) is 27.5. The molecule has 152 valence electrons. The van der Waals surface area contributed by atoms with Crippen molar-refractivity contribution in [2.75, 3.05) is 17.3 Å². The highest BCUT2D eigenvalue weighted by atomic mass is 32.2. The summed E-state index contributed by atoms with van der Waals surface area (Å²) in [4.78, 5) is 37.0. The summed E-state index contributed by atoms with van der Waals surface area (Å²) in [6.07, 6.45) is 0. The van der Waals surface area contributed by atoms with E-state index in [-0.39, 0.29) is 11.4 Å². The molecule has 3 rings (SSSR count). The van der Waals surface area contributed by atoms with Crippen LogP contribution < -0.4 is 10.5 Å². The number of carboxylic acids is 1. The molecule has 1 fully saturated rings. The fourth-order valence-electron chi connectivity index (χ4n) is 2.69. The fraction of sp³-hybridized carbons (Fsp3) is 0.500. The molecule has 0 spiro atoms. The van der Waals surface area contributed by atoms with Crippen LogP contribution in [0.25, 0.3) is 0 Å². The molecular weight excluding hydrogens is 434 g/mol. The lowest BCUT2D eigenvalue weighted by Gasteiger charge is -2.49. The number of amides is 2. The zero-order chi connectivity index (χ0) is 20.6. The predicted octanol–water partition coefficient (Wildman–Crippen LogP) is -2.67. The molecule has 2 amide bonds. The standard InChI is InChI=1S/C12H15N7O6S3/c1-18-12(15-16-17-18)27-3-5-2-26-10-7(14-6(20)4-28(13,24)25)9(21)19(10)8(5)11(22)23/h7,10H,2-4H2,1H3,(H,14,20)(H,22,23)(H2,13,24,25)/t7?,10-/m1/s1. The highest BCUT2D eigenvalue weighted by Gasteiger charge is 2.54. The number of hydrogen-bond donors (Lipinski definition) is 3. The molecule has 2 atom stereocenters. The number of carbonyl (C=O) groups excluding carboxylic acids is 2. The number of aliphatic carboxylic acids is 1. The zero-order valence-corrected chi connectivity index (χ0v) is 16.8. The van der Waals surface area contributed by atoms with Crippen LogP contribution in [0.2, 0.25) is 0 Å². The summed E-state index contributed by atoms with van der Waals surface area (Å²) in [6, 6.07) is -1.01. The Morgan fingerprint density at radius 2 is 2.18 bits per heavy atom. The number of carbonyl (C=O) groups is 3. The number of hydrogen-bond acceptors (Lipinski definition) is 10. The first-order chi connectivity index (χ1) is 13.1. The predicted molar refractivity (Wildman–Crippen MR) is 97.2 cm³/mol. The van der Waals surface area contributed by atoms with Crippen molar-refractivity contribution in [1.29, 1.82) is 0 Å². The number of thioether (sulfide) groups is 2. The van der Waals surface area contributed by atoms with Crippen molar-refractivity contribution in [3.63, 3.8) is 0 Å². The number of primary sulfonamides is 1. The van der Waals surface area contributed by atoms with Crippen LogP contribution in [-0.2, 0) is 31.5 Å². The smallest absolute Gasteiger partial charge is 0.352 e. The van der Waals surface area contributed by atoms with Gasteiger partial charge in [-0.25, -0.2) is 23.0 Å². The van der Waals surface area contributed by atoms with Gasteiger partial charge in [-0.15, -0.1) is 16.9 Å². The van der Waals surface area contributed by atoms with Crippen molar-refractivity contribution < 1.29 is 27.9 Å². The number of aryl methyl sites for hydroxylation is 1. The van der Waals surface area contributed by atoms with Crippen molar-refractivity contribution in [3.05, 3.63) is 11.3 Å². The Morgan fingerprint density at radius 1 is 1.46 bits per heavy atom. The van der Waals surface area contributed by atoms with Gasteiger partial charge < -0.3 is 10.4 Å². The molecule has 0 bridgehead atoms. The first-order valence-corrected chi connectivity index (χ1v) is 11.4. The molecule has 0 aromatic carbocycles. The highest BCUT2D eigenvalue weighted by Crippen LogP contribution is 2.41. The summed E-state index contributed by atoms with van der Waals surface area (Å²) in [5.74, 6) is -3.18. The van der Waals surface area contributed by atoms with Crippen molar-refractivity contribution >= 4 is 51.3 Å². The molecule has 1 aromatic rings. The number of nitrogens with one attached hydrogen (secondary N) is 1. The Morgan fingerprint density at radius 3 is 2.75 bits per heavy atom. The second-order valence-electron chi connectivity index (χ2n) is 5.89. The number of β-lactam (4-membered cyclic amide) rings is 1. The SMILES string of the molecule is Cn1nnnc1SCC1=C(C(=O)O)N2C(=O)C(NC(=O)CS(N)(=O)=O)[C@H]2SC1. The van der Waals surface area contributed by atoms with E-state index in [4.69, 9.17) is 5.14 Å². The van der Waals surface area contributed by atoms with E-state index in [1.807, 2.05) is 0 Å². The maximum atomic E-state index is 12.4. The van der Waals surface area contributed by atoms with E-state index >= 15 is 0 Å². The summed E-state index contributed by atoms with van der Waals surface area (Å²) in [7, 11) is -2.39. The normalized spacial score (nSPS) is 21.9. The van der Waals surface area contributed by atoms with Gasteiger partial charge in [-0.05, 0) is 16.0 Å². The molecule has 4 N–H and O–H groups in total. The molecule has 3 heterocycles. The van der Waals surface area contributed by atoms with Crippen LogP contribution in [0.5, 0.6) is 0 Å². The molecular formula is C12H15N7O6S3. The van der Waals surface area contributed by atoms with E-state index in [0.29, 0.717) is 16.5 Å². The van der Waals surface area contributed by atoms with Crippen molar-refractivity contribution in [1.82, 2.24) is 30.4 Å². The van der Waals surface area contributed by atoms with E-state index in [0.717, 1.165) is 4.90 Å². The Labute approximate surface area is 167 Å². The minimum absolute atomic E-state index is 0.145. The zero-order valence-electron chi connectivity index (χ0n) is 14.3. The van der Waals surface area contributed by atoms with Crippen LogP contribution in [-0.4, -0.2) is 85.1 Å². The van der Waals surface area contributed by atoms with Gasteiger partial charge in [0.25, 0.3) is 5.91 Å². The Bertz CT molecular complexity index is 974. The molecule has 1 saturated heterocycles. The van der Waals surface area contributed by atoms with Crippen molar-refractivity contribution in [2.24, 2.45) is 12.2 Å². The number of fused-ring (bicyclic) bond motifs is 1. The van der Waals surface area contributed by atoms with Gasteiger partial charge in [-0.2, -0.15) is 0 Å². The molecule has 13 nitrogen and oxygen atoms in total. The minimum Gasteiger partial charge on any atom is -0.477 e. The third kappa shape index (κ3) is 4.13. The number of tetrazole rings is 1. The molecule has 0 saturated carbocycles. The monoisotopic (exact) mass is 449 g/mol. The molecule has 16 heteroatoms. The first-order valence-electron chi connectivity index (χ1n) is 7.63. The minimum atomic E-state index is -4.03. The molecule has 28 heavy (non-hydrogen) atoms. The third-order valence-electron chi connectivity index (χ3n) is 3.86. The third-order valence-corrected chi connectivity index (χ3v) is 6.96. The summed E-state index contributed by atoms with van der Waals surface area (Å²) in [6.45, 7) is 0. The van der Waals surface area contributed by atoms with Gasteiger partial charge in [-0.1, -0.05) is 11.8 Å². The second kappa shape index (κ2) is 7.69. The largest absolute Gasteiger partial charge is 0.477 e. The number of sulfonamides is 1. The van der Waals surface area contributed by atoms with E-state index in [2.05, 4.69) is 20.8 Å². The molecule has 0 radical (unpaired) electrons. The number of rotatable bonds is 7. The molecule has 2 aliphatic heterocycles. The summed E-state index contributed by atoms with van der Waals surface area (Å²) < 4.78 is 23.4. The van der Waals surface area contributed by atoms with E-state index < -0.39 is 45.0 Å². The highest BCUT2D eigenvalue weighted by molar-refractivity contribution is 8.01. The Kier molecular flexibility index (Phi) is 5.64. The number of nitrogens with zero attached hydrogens (tertiary/aromatic N) is 5. The van der Waals surface area contributed by atoms with E-state index in [1.54, 1.807) is 7.05 Å². The molecule has 2 aliphatic rings. The average Bonchev–Trinajstić information content (AvgIpc) is 3.00. The van der Waals surface area contributed by atoms with Gasteiger partial charge in [0.05, 0.1) is 0 Å². The number of nitrogens with two attached hydrogens (primary N) is 1. The Hall–Kier alpha value is -2.17. The topological polar surface area (TPSA) is 190 Å². The van der Waals surface area contributed by atoms with Crippen LogP contribution >= 0.6 is 23.5 Å². The van der Waals surface area contributed by atoms with Gasteiger partial charge >= 0.3 is 5.97 Å². The van der Waals surface area contributed by atoms with Gasteiger partial charge in [0.1, 0.15) is 22.9 Å². The summed E-state index contributed by atoms with van der Waals surface area (Å²) >= 11 is 2.50. The fourth-order valence-corrected chi connectivity index (χ4v) is 5.47. The van der Waals surface area contributed by atoms with Gasteiger partial charge in [0.15, 0.2) is 0 Å². The number of carboxylic acid groups (broad SMARTS) is 1. The average molecular weight is 449 g/mol. The molecule has 1 unspecified atom stereocenters. The van der Waals surface area contributed by atoms with E-state index in [9.17, 15) is 27.9 Å². The quantitative estimate of drug-likeness (QED) is 0.290. The lowest BCUT2D eigenvalue weighted by Crippen LogP contribution is -2.71. The maximum Gasteiger partial charge on any atom is 0.352 e. The second-order valence-corrected chi connectivity index (χ2v) is 9.56. The van der Waals surface area contributed by atoms with Crippen LogP contribution in [0.1, 0.15) is 0 Å². The van der Waals surface area contributed by atoms with Crippen LogP contribution in [0, 0.1) is 0 Å². The number of aromatic nitrogens is 4. The van der Waals surface area contributed by atoms with Crippen molar-refractivity contribution in [2.45, 2.75) is 16.6 Å². The van der Waals surface area contributed by atoms with Crippen LogP contribution in [0.4, 0.5) is 0 Å². The van der Waals surface area contributed by atoms with Crippen LogP contribution in [0.15, 0.2) is 16.4 Å². The first kappa shape index (κ1) is 20.6. The van der Waals surface area contributed by atoms with Crippen molar-refractivity contribution in [3.8, 4) is 0 Å². The van der Waals surface area contributed by atoms with E-state index in [1.165, 1.54) is 28.2 Å². The Balaban J connectivity index is 1.73. The maximum absolute atomic E-state index is 12.4. The lowest BCUT2D eigenvalue weighted by molar-refractivity contribution is -0.150. The summed E-state index contributed by atoms with van der Waals surface area (Å²) in [5.41, 5.74) is 0.373. The molecule has 0 aliphatic carbocycles. The van der Waals surface area contributed by atoms with Gasteiger partial charge in [0.2, 0.25) is 21.1 Å². The van der Waals surface area contributed by atoms with Gasteiger partial charge in [-0.3, -0.25) is 14.5 Å². The van der Waals surface area contributed by atoms with Crippen LogP contribution in [0.3, 0.4) is 0 Å². The van der Waals surface area contributed by atoms with Gasteiger partial charge in [0, 0.05) is 18.6 Å². The molecule has 1 aromatic heterocycles.